The number of aromatic amines is 1. The fourth-order valence-electron chi connectivity index (χ4n) is 6.88. The van der Waals surface area contributed by atoms with Crippen LogP contribution in [0.1, 0.15) is 65.3 Å². The lowest BCUT2D eigenvalue weighted by atomic mass is 9.89. The minimum absolute atomic E-state index is 0.00566. The molecule has 1 N–H and O–H groups in total. The summed E-state index contributed by atoms with van der Waals surface area (Å²) in [5.41, 5.74) is 3.92. The van der Waals surface area contributed by atoms with E-state index in [1.807, 2.05) is 15.9 Å². The van der Waals surface area contributed by atoms with Gasteiger partial charge in [-0.25, -0.2) is 0 Å². The van der Waals surface area contributed by atoms with Crippen molar-refractivity contribution in [2.24, 2.45) is 23.7 Å². The number of ether oxygens (including phenoxy) is 2. The van der Waals surface area contributed by atoms with Gasteiger partial charge in [0.2, 0.25) is 5.91 Å². The fourth-order valence-corrected chi connectivity index (χ4v) is 6.88. The quantitative estimate of drug-likeness (QED) is 0.630. The van der Waals surface area contributed by atoms with E-state index in [-0.39, 0.29) is 17.7 Å². The van der Waals surface area contributed by atoms with Gasteiger partial charge in [0.15, 0.2) is 0 Å². The summed E-state index contributed by atoms with van der Waals surface area (Å²) >= 11 is 0. The molecule has 2 amide bonds. The van der Waals surface area contributed by atoms with Crippen LogP contribution in [0.15, 0.2) is 18.2 Å². The van der Waals surface area contributed by atoms with E-state index < -0.39 is 0 Å². The Morgan fingerprint density at radius 3 is 2.42 bits per heavy atom. The largest absolute Gasteiger partial charge is 0.493 e. The second-order valence-corrected chi connectivity index (χ2v) is 12.1. The summed E-state index contributed by atoms with van der Waals surface area (Å²) in [6.45, 7) is 5.23. The third-order valence-corrected chi connectivity index (χ3v) is 9.36. The zero-order valence-electron chi connectivity index (χ0n) is 21.9. The van der Waals surface area contributed by atoms with Crippen LogP contribution < -0.4 is 4.74 Å². The van der Waals surface area contributed by atoms with Crippen molar-refractivity contribution in [3.05, 3.63) is 40.7 Å². The van der Waals surface area contributed by atoms with Gasteiger partial charge in [-0.3, -0.25) is 9.59 Å². The number of carbonyl (C=O) groups is 2. The van der Waals surface area contributed by atoms with Gasteiger partial charge in [-0.2, -0.15) is 15.4 Å². The Labute approximate surface area is 223 Å². The number of fused-ring (bicyclic) bond motifs is 2. The van der Waals surface area contributed by atoms with Gasteiger partial charge in [-0.15, -0.1) is 0 Å². The maximum atomic E-state index is 13.6. The summed E-state index contributed by atoms with van der Waals surface area (Å²) in [6, 6.07) is 6.18. The van der Waals surface area contributed by atoms with Crippen molar-refractivity contribution in [3.63, 3.8) is 0 Å². The van der Waals surface area contributed by atoms with E-state index in [4.69, 9.17) is 9.47 Å². The Morgan fingerprint density at radius 1 is 0.921 bits per heavy atom. The van der Waals surface area contributed by atoms with Crippen molar-refractivity contribution in [1.82, 2.24) is 25.2 Å². The minimum atomic E-state index is -0.00566. The summed E-state index contributed by atoms with van der Waals surface area (Å²) in [5.74, 6) is 2.93. The van der Waals surface area contributed by atoms with Crippen molar-refractivity contribution in [2.45, 2.75) is 50.9 Å². The molecule has 5 aliphatic rings. The van der Waals surface area contributed by atoms with E-state index >= 15 is 0 Å². The number of nitrogens with zero attached hydrogens (tertiary/aromatic N) is 4. The van der Waals surface area contributed by atoms with E-state index in [0.717, 1.165) is 87.8 Å². The molecular formula is C29H37N5O4. The lowest BCUT2D eigenvalue weighted by Crippen LogP contribution is -2.40. The molecule has 4 heterocycles. The molecule has 4 fully saturated rings. The van der Waals surface area contributed by atoms with Gasteiger partial charge in [0.05, 0.1) is 18.0 Å². The highest BCUT2D eigenvalue weighted by atomic mass is 16.5. The van der Waals surface area contributed by atoms with Gasteiger partial charge in [-0.1, -0.05) is 0 Å². The highest BCUT2D eigenvalue weighted by molar-refractivity contribution is 5.95. The molecule has 3 aliphatic heterocycles. The number of benzene rings is 1. The topological polar surface area (TPSA) is 101 Å². The number of aromatic nitrogens is 3. The molecule has 2 aliphatic carbocycles. The van der Waals surface area contributed by atoms with Crippen LogP contribution in [0.2, 0.25) is 0 Å². The minimum Gasteiger partial charge on any atom is -0.493 e. The molecule has 202 valence electrons. The summed E-state index contributed by atoms with van der Waals surface area (Å²) in [5, 5.41) is 11.1. The zero-order valence-corrected chi connectivity index (χ0v) is 21.9. The number of carbonyl (C=O) groups excluding carboxylic acids is 2. The van der Waals surface area contributed by atoms with Gasteiger partial charge < -0.3 is 19.3 Å². The lowest BCUT2D eigenvalue weighted by Gasteiger charge is -2.27. The van der Waals surface area contributed by atoms with Crippen LogP contribution in [0, 0.1) is 23.7 Å². The molecule has 3 atom stereocenters. The van der Waals surface area contributed by atoms with Gasteiger partial charge in [0, 0.05) is 69.1 Å². The third kappa shape index (κ3) is 4.81. The van der Waals surface area contributed by atoms with E-state index in [0.29, 0.717) is 36.7 Å². The first-order valence-electron chi connectivity index (χ1n) is 14.4. The average molecular weight is 520 g/mol. The average Bonchev–Trinajstić information content (AvgIpc) is 3.37. The summed E-state index contributed by atoms with van der Waals surface area (Å²) < 4.78 is 11.7. The number of rotatable bonds is 6. The second-order valence-electron chi connectivity index (χ2n) is 12.1. The van der Waals surface area contributed by atoms with Crippen molar-refractivity contribution in [2.75, 3.05) is 46.0 Å². The van der Waals surface area contributed by atoms with Crippen LogP contribution in [0.4, 0.5) is 0 Å². The fraction of sp³-hybridized carbons (Fsp3) is 0.655. The highest BCUT2D eigenvalue weighted by Gasteiger charge is 2.44. The Hall–Kier alpha value is -2.94. The summed E-state index contributed by atoms with van der Waals surface area (Å²) in [4.78, 5) is 31.0. The molecule has 1 saturated carbocycles. The SMILES string of the molecule is O=C(c1cc(OCC2CCOCC2)cc(C2CC2)c1)N1CC2CN(C(=O)[C@@H]3CCc4n[nH]nc4C3)C[C@H]2C1. The zero-order chi connectivity index (χ0) is 25.6. The molecule has 38 heavy (non-hydrogen) atoms. The maximum Gasteiger partial charge on any atom is 0.254 e. The van der Waals surface area contributed by atoms with E-state index in [1.165, 1.54) is 18.4 Å². The molecule has 2 aromatic rings. The molecule has 7 rings (SSSR count). The molecule has 0 bridgehead atoms. The number of nitrogens with one attached hydrogen (secondary N) is 1. The first kappa shape index (κ1) is 24.1. The van der Waals surface area contributed by atoms with Crippen LogP contribution in [-0.4, -0.2) is 83.0 Å². The number of likely N-dealkylation sites (tertiary alicyclic amines) is 2. The standard InChI is InChI=1S/C29H37N5O4/c35-28(20-3-4-26-27(12-20)31-32-30-26)33-13-23-15-34(16-24(23)14-33)29(36)22-9-21(19-1-2-19)10-25(11-22)38-17-18-5-7-37-8-6-18/h9-11,18-20,23-24H,1-8,12-17H2,(H,30,31,32)/t20-,23+,24?/m1/s1. The van der Waals surface area contributed by atoms with Gasteiger partial charge in [0.25, 0.3) is 5.91 Å². The van der Waals surface area contributed by atoms with Crippen molar-refractivity contribution < 1.29 is 19.1 Å². The molecule has 3 saturated heterocycles. The monoisotopic (exact) mass is 519 g/mol. The normalized spacial score (nSPS) is 27.3. The van der Waals surface area contributed by atoms with E-state index in [9.17, 15) is 9.59 Å². The van der Waals surface area contributed by atoms with Crippen LogP contribution >= 0.6 is 0 Å². The van der Waals surface area contributed by atoms with Crippen LogP contribution in [0.3, 0.4) is 0 Å². The predicted molar refractivity (Wildman–Crippen MR) is 139 cm³/mol. The summed E-state index contributed by atoms with van der Waals surface area (Å²) in [6.07, 6.45) is 6.77. The number of aryl methyl sites for hydroxylation is 1. The summed E-state index contributed by atoms with van der Waals surface area (Å²) in [7, 11) is 0. The Morgan fingerprint density at radius 2 is 1.66 bits per heavy atom. The molecule has 1 unspecified atom stereocenters. The van der Waals surface area contributed by atoms with E-state index in [1.54, 1.807) is 0 Å². The molecule has 0 spiro atoms. The molecule has 0 radical (unpaired) electrons. The van der Waals surface area contributed by atoms with Gasteiger partial charge in [0.1, 0.15) is 5.75 Å². The number of hydrogen-bond acceptors (Lipinski definition) is 6. The molecule has 1 aromatic carbocycles. The Balaban J connectivity index is 0.980. The molecule has 1 aromatic heterocycles. The predicted octanol–water partition coefficient (Wildman–Crippen LogP) is 2.82. The molecular weight excluding hydrogens is 482 g/mol. The molecule has 9 heteroatoms. The van der Waals surface area contributed by atoms with Crippen molar-refractivity contribution in [3.8, 4) is 5.75 Å². The number of hydrogen-bond donors (Lipinski definition) is 1. The van der Waals surface area contributed by atoms with Crippen LogP contribution in [0.25, 0.3) is 0 Å². The maximum absolute atomic E-state index is 13.6. The van der Waals surface area contributed by atoms with E-state index in [2.05, 4.69) is 27.5 Å². The Kier molecular flexibility index (Phi) is 6.34. The van der Waals surface area contributed by atoms with Gasteiger partial charge in [-0.05, 0) is 74.1 Å². The highest BCUT2D eigenvalue weighted by Crippen LogP contribution is 2.42. The van der Waals surface area contributed by atoms with Crippen molar-refractivity contribution >= 4 is 11.8 Å². The number of amides is 2. The third-order valence-electron chi connectivity index (χ3n) is 9.36. The van der Waals surface area contributed by atoms with Crippen LogP contribution in [0.5, 0.6) is 5.75 Å². The van der Waals surface area contributed by atoms with Gasteiger partial charge >= 0.3 is 0 Å². The lowest BCUT2D eigenvalue weighted by molar-refractivity contribution is -0.135. The van der Waals surface area contributed by atoms with Crippen molar-refractivity contribution in [1.29, 1.82) is 0 Å². The Bertz CT molecular complexity index is 1190. The number of H-pyrrole nitrogens is 1. The first-order valence-corrected chi connectivity index (χ1v) is 14.4. The smallest absolute Gasteiger partial charge is 0.254 e. The molecule has 9 nitrogen and oxygen atoms in total. The second kappa shape index (κ2) is 9.98. The van der Waals surface area contributed by atoms with Crippen LogP contribution in [-0.2, 0) is 22.4 Å². The first-order chi connectivity index (χ1) is 18.6.